The van der Waals surface area contributed by atoms with Gasteiger partial charge in [-0.1, -0.05) is 122 Å². The van der Waals surface area contributed by atoms with Crippen LogP contribution in [-0.2, 0) is 58.7 Å². The Balaban J connectivity index is 0.000000550. The van der Waals surface area contributed by atoms with E-state index in [4.69, 9.17) is 23.8 Å². The number of hydrogen-bond donors (Lipinski definition) is 1. The Labute approximate surface area is 628 Å². The number of esters is 2. The number of hydrogen-bond acceptors (Lipinski definition) is 17. The second kappa shape index (κ2) is 44.7. The maximum absolute atomic E-state index is 11.8. The number of alkyl halides is 4. The summed E-state index contributed by atoms with van der Waals surface area (Å²) in [6.45, 7) is 43.5. The summed E-state index contributed by atoms with van der Waals surface area (Å²) in [7, 11) is -12.9. The number of halogens is 4. The molecule has 0 bridgehead atoms. The quantitative estimate of drug-likeness (QED) is 0.0448. The summed E-state index contributed by atoms with van der Waals surface area (Å²) < 4.78 is 124. The zero-order chi connectivity index (χ0) is 74.3. The first-order valence-corrected chi connectivity index (χ1v) is 46.2. The Morgan fingerprint density at radius 2 is 0.825 bits per heavy atom. The molecule has 546 valence electrons. The summed E-state index contributed by atoms with van der Waals surface area (Å²) in [5.41, 5.74) is 3.79. The second-order valence-corrected chi connectivity index (χ2v) is 48.4. The summed E-state index contributed by atoms with van der Waals surface area (Å²) >= 11 is 2.14. The van der Waals surface area contributed by atoms with Gasteiger partial charge in [-0.15, -0.1) is 0 Å². The van der Waals surface area contributed by atoms with Crippen molar-refractivity contribution in [1.29, 1.82) is 0 Å². The molecular formula is C71H102B2I4O16S4-6. The van der Waals surface area contributed by atoms with Crippen LogP contribution in [0.25, 0.3) is 0 Å². The van der Waals surface area contributed by atoms with E-state index in [1.807, 2.05) is 59.8 Å². The van der Waals surface area contributed by atoms with E-state index in [0.717, 1.165) is 41.3 Å². The van der Waals surface area contributed by atoms with Gasteiger partial charge in [-0.25, -0.2) is 34.8 Å². The van der Waals surface area contributed by atoms with Gasteiger partial charge in [-0.05, 0) is 109 Å². The van der Waals surface area contributed by atoms with Crippen molar-refractivity contribution in [3.05, 3.63) is 177 Å². The molecule has 3 fully saturated rings. The van der Waals surface area contributed by atoms with Gasteiger partial charge in [-0.3, -0.25) is 0 Å². The monoisotopic (exact) mass is 1870 g/mol. The molecule has 1 aromatic heterocycles. The van der Waals surface area contributed by atoms with Crippen LogP contribution in [0.1, 0.15) is 159 Å². The molecule has 26 heteroatoms. The van der Waals surface area contributed by atoms with Crippen molar-refractivity contribution in [2.45, 2.75) is 230 Å². The molecule has 6 aromatic rings. The predicted octanol–water partition coefficient (Wildman–Crippen LogP) is 6.53. The number of rotatable bonds is 12. The first-order chi connectivity index (χ1) is 44.7. The van der Waals surface area contributed by atoms with Crippen LogP contribution in [0.3, 0.4) is 0 Å². The second-order valence-electron chi connectivity index (χ2n) is 25.4. The molecule has 1 saturated carbocycles. The number of carbonyl (C=O) groups is 2. The van der Waals surface area contributed by atoms with Crippen molar-refractivity contribution in [3.63, 3.8) is 0 Å². The molecule has 1 N–H and O–H groups in total. The van der Waals surface area contributed by atoms with Crippen LogP contribution in [0.2, 0.25) is 18.5 Å². The van der Waals surface area contributed by atoms with E-state index in [1.54, 1.807) is 53.2 Å². The molecule has 3 aliphatic rings. The van der Waals surface area contributed by atoms with Crippen molar-refractivity contribution >= 4 is 91.9 Å². The van der Waals surface area contributed by atoms with E-state index >= 15 is 0 Å². The molecule has 97 heavy (non-hydrogen) atoms. The zero-order valence-electron chi connectivity index (χ0n) is 60.0. The van der Waals surface area contributed by atoms with Crippen molar-refractivity contribution < 1.29 is 136 Å². The molecule has 16 nitrogen and oxygen atoms in total. The molecule has 3 heterocycles. The van der Waals surface area contributed by atoms with Crippen LogP contribution in [0.5, 0.6) is 0 Å². The van der Waals surface area contributed by atoms with Crippen LogP contribution < -0.4 is 63.6 Å². The van der Waals surface area contributed by atoms with Crippen LogP contribution in [0.4, 0.5) is 0 Å². The molecule has 0 amide bonds. The van der Waals surface area contributed by atoms with Crippen LogP contribution in [-0.4, -0.2) is 106 Å². The summed E-state index contributed by atoms with van der Waals surface area (Å²) in [4.78, 5) is 23.0. The molecule has 5 aromatic carbocycles. The Hall–Kier alpha value is -2.73. The molecule has 0 radical (unpaired) electrons. The summed E-state index contributed by atoms with van der Waals surface area (Å²) in [5.74, 6) is -0.950. The first kappa shape index (κ1) is 92.3. The Bertz CT molecular complexity index is 3390. The predicted molar refractivity (Wildman–Crippen MR) is 389 cm³/mol. The fourth-order valence-corrected chi connectivity index (χ4v) is 19.4. The van der Waals surface area contributed by atoms with E-state index in [2.05, 4.69) is 162 Å². The number of thiophene rings is 1. The molecule has 1 aliphatic carbocycles. The number of ether oxygens (including phenoxy) is 2. The normalized spacial score (nSPS) is 15.1. The van der Waals surface area contributed by atoms with E-state index in [0.29, 0.717) is 49.6 Å². The van der Waals surface area contributed by atoms with Gasteiger partial charge in [0.05, 0.1) is 25.9 Å². The number of carbonyl (C=O) groups excluding carboxylic acids is 2. The standard InChI is InChI=1S/C11H15IO4.C10H14I.C9H19BO2.C9H12I.C7H10IS.3C7H8O3S.C4H11BO/c1-7(2)12-8-9(13)15-11(16-10(8)14)5-3-4-6-11;1-8(2)11-10-6-4-9(3)5-7-10;1-7(2)10-11-8(3,4)9(5,6)12-10;1-8(2)10-9-6-4-3-5-7-9;1-6(2)8-7-4-3-5-9-7;3*1-6-2-4-7(5-3-6)11(8,9)10;1-4(2)5(3)6/h7H,3-6H2,1-2H3;4-8H,1-3H3;7H,1-6H3;3-8H,1-2H3;3-6H,1-2H3;3*2-5H,1H3,(H,8,9,10);4,6H,1-3H3/q;-1;;2*-1;;;;/p-3. The fourth-order valence-electron chi connectivity index (χ4n) is 7.37. The Morgan fingerprint density at radius 3 is 1.08 bits per heavy atom. The number of aryl methyl sites for hydroxylation is 4. The Kier molecular flexibility index (Phi) is 42.5. The third kappa shape index (κ3) is 39.5. The van der Waals surface area contributed by atoms with Crippen molar-refractivity contribution in [1.82, 2.24) is 0 Å². The number of benzene rings is 5. The van der Waals surface area contributed by atoms with Crippen molar-refractivity contribution in [2.24, 2.45) is 0 Å². The topological polar surface area (TPSA) is 263 Å². The third-order valence-electron chi connectivity index (χ3n) is 13.6. The fraction of sp³-hybridized carbons (Fsp3) is 0.479. The van der Waals surface area contributed by atoms with Gasteiger partial charge in [0, 0.05) is 16.8 Å². The third-order valence-corrected chi connectivity index (χ3v) is 28.5. The van der Waals surface area contributed by atoms with E-state index in [1.165, 1.54) is 42.0 Å². The average Bonchev–Trinajstić information content (AvgIpc) is 1.69. The summed E-state index contributed by atoms with van der Waals surface area (Å²) in [5, 5.41) is 10.8. The molecule has 2 saturated heterocycles. The van der Waals surface area contributed by atoms with Gasteiger partial charge < -0.3 is 37.5 Å². The van der Waals surface area contributed by atoms with E-state index < -0.39 is 68.8 Å². The van der Waals surface area contributed by atoms with Crippen LogP contribution in [0.15, 0.2) is 160 Å². The van der Waals surface area contributed by atoms with Crippen LogP contribution >= 0.6 is 32.1 Å². The SMILES string of the molecule is CB(O)C(C)C.CC(C)B1OC(C)(C)C(C)(C)O1.CC(C)I=C1C(=O)OC2(CCCC2)OC1=O.CC(C)[I-]c1ccccc1.CC(C)[I-]c1cccs1.Cc1ccc(S(=O)(=O)[O-])cc1.Cc1ccc(S(=O)(=O)[O-])cc1.Cc1ccc(S(=O)(=O)[O-])cc1.Cc1ccc([I-]C(C)C)cc1. The minimum atomic E-state index is -4.27. The first-order valence-electron chi connectivity index (χ1n) is 31.8. The average molecular weight is 1870 g/mol. The molecule has 0 unspecified atom stereocenters. The van der Waals surface area contributed by atoms with Gasteiger partial charge in [0.25, 0.3) is 12.7 Å². The molecule has 2 aliphatic heterocycles. The molecule has 9 rings (SSSR count). The van der Waals surface area contributed by atoms with Gasteiger partial charge in [0.2, 0.25) is 0 Å². The van der Waals surface area contributed by atoms with E-state index in [-0.39, 0.29) is 85.8 Å². The van der Waals surface area contributed by atoms with Crippen LogP contribution in [0, 0.1) is 37.7 Å². The van der Waals surface area contributed by atoms with Crippen molar-refractivity contribution in [3.8, 4) is 0 Å². The van der Waals surface area contributed by atoms with Gasteiger partial charge in [-0.2, -0.15) is 0 Å². The van der Waals surface area contributed by atoms with Gasteiger partial charge in [0.15, 0.2) is 3.51 Å². The molecular weight excluding hydrogens is 1770 g/mol. The molecule has 0 atom stereocenters. The van der Waals surface area contributed by atoms with Crippen molar-refractivity contribution in [2.75, 3.05) is 0 Å². The minimum absolute atomic E-state index is 0.0463. The van der Waals surface area contributed by atoms with Gasteiger partial charge >= 0.3 is 242 Å². The molecule has 1 spiro atoms. The summed E-state index contributed by atoms with van der Waals surface area (Å²) in [6, 6.07) is 41.5. The summed E-state index contributed by atoms with van der Waals surface area (Å²) in [6.07, 6.45) is 3.21. The Morgan fingerprint density at radius 1 is 0.505 bits per heavy atom. The maximum atomic E-state index is 11.8. The van der Waals surface area contributed by atoms with E-state index in [9.17, 15) is 48.5 Å². The van der Waals surface area contributed by atoms with Gasteiger partial charge in [0.1, 0.15) is 30.4 Å². The zero-order valence-corrected chi connectivity index (χ0v) is 71.9.